The van der Waals surface area contributed by atoms with Gasteiger partial charge in [-0.05, 0) is 74.9 Å². The molecule has 6 nitrogen and oxygen atoms in total. The van der Waals surface area contributed by atoms with Crippen LogP contribution in [-0.2, 0) is 14.8 Å². The van der Waals surface area contributed by atoms with Crippen LogP contribution < -0.4 is 10.1 Å². The summed E-state index contributed by atoms with van der Waals surface area (Å²) in [6, 6.07) is 12.1. The van der Waals surface area contributed by atoms with E-state index in [0.29, 0.717) is 30.4 Å². The Labute approximate surface area is 179 Å². The highest BCUT2D eigenvalue weighted by Gasteiger charge is 2.28. The highest BCUT2D eigenvalue weighted by atomic mass is 32.2. The molecule has 3 rings (SSSR count). The molecule has 1 amide bonds. The molecule has 1 fully saturated rings. The molecule has 1 saturated heterocycles. The number of hydrogen-bond donors (Lipinski definition) is 1. The lowest BCUT2D eigenvalue weighted by Crippen LogP contribution is -2.37. The summed E-state index contributed by atoms with van der Waals surface area (Å²) < 4.78 is 33.0. The Kier molecular flexibility index (Phi) is 6.83. The maximum atomic E-state index is 12.8. The van der Waals surface area contributed by atoms with Crippen molar-refractivity contribution in [3.8, 4) is 5.75 Å². The largest absolute Gasteiger partial charge is 0.480 e. The van der Waals surface area contributed by atoms with Crippen molar-refractivity contribution in [3.63, 3.8) is 0 Å². The maximum Gasteiger partial charge on any atom is 0.265 e. The Morgan fingerprint density at radius 3 is 2.20 bits per heavy atom. The van der Waals surface area contributed by atoms with Crippen LogP contribution in [0.1, 0.15) is 37.8 Å². The van der Waals surface area contributed by atoms with Crippen molar-refractivity contribution in [2.24, 2.45) is 5.92 Å². The van der Waals surface area contributed by atoms with Crippen LogP contribution in [0.25, 0.3) is 0 Å². The molecule has 0 radical (unpaired) electrons. The normalized spacial score (nSPS) is 16.8. The Balaban J connectivity index is 1.64. The number of benzene rings is 2. The number of amides is 1. The van der Waals surface area contributed by atoms with Gasteiger partial charge in [-0.3, -0.25) is 4.79 Å². The van der Waals surface area contributed by atoms with Gasteiger partial charge in [0.1, 0.15) is 5.75 Å². The summed E-state index contributed by atoms with van der Waals surface area (Å²) in [5, 5.41) is 2.79. The first-order chi connectivity index (χ1) is 14.2. The second kappa shape index (κ2) is 9.18. The van der Waals surface area contributed by atoms with Gasteiger partial charge in [0.2, 0.25) is 10.0 Å². The van der Waals surface area contributed by atoms with E-state index in [-0.39, 0.29) is 10.8 Å². The van der Waals surface area contributed by atoms with E-state index in [0.717, 1.165) is 24.0 Å². The summed E-state index contributed by atoms with van der Waals surface area (Å²) in [7, 11) is -3.50. The number of ether oxygens (including phenoxy) is 1. The van der Waals surface area contributed by atoms with Gasteiger partial charge in [-0.25, -0.2) is 8.42 Å². The first-order valence-corrected chi connectivity index (χ1v) is 11.8. The van der Waals surface area contributed by atoms with Crippen molar-refractivity contribution in [2.75, 3.05) is 18.4 Å². The highest BCUT2D eigenvalue weighted by molar-refractivity contribution is 7.89. The smallest absolute Gasteiger partial charge is 0.265 e. The van der Waals surface area contributed by atoms with E-state index in [9.17, 15) is 13.2 Å². The van der Waals surface area contributed by atoms with Crippen molar-refractivity contribution >= 4 is 21.6 Å². The molecule has 7 heteroatoms. The van der Waals surface area contributed by atoms with Crippen LogP contribution in [0.4, 0.5) is 5.69 Å². The predicted molar refractivity (Wildman–Crippen MR) is 118 cm³/mol. The number of aryl methyl sites for hydroxylation is 2. The molecule has 1 heterocycles. The first-order valence-electron chi connectivity index (χ1n) is 10.3. The molecule has 1 aliphatic rings. The zero-order chi connectivity index (χ0) is 21.9. The van der Waals surface area contributed by atoms with Crippen LogP contribution in [0.2, 0.25) is 0 Å². The molecule has 2 aromatic carbocycles. The van der Waals surface area contributed by atoms with Crippen LogP contribution in [0, 0.1) is 19.8 Å². The molecule has 162 valence electrons. The van der Waals surface area contributed by atoms with E-state index >= 15 is 0 Å². The summed E-state index contributed by atoms with van der Waals surface area (Å²) in [5.41, 5.74) is 2.47. The molecular formula is C23H30N2O4S. The summed E-state index contributed by atoms with van der Waals surface area (Å²) >= 11 is 0. The van der Waals surface area contributed by atoms with Crippen LogP contribution in [-0.4, -0.2) is 37.8 Å². The number of nitrogens with zero attached hydrogens (tertiary/aromatic N) is 1. The van der Waals surface area contributed by atoms with Gasteiger partial charge >= 0.3 is 0 Å². The molecule has 1 atom stereocenters. The van der Waals surface area contributed by atoms with E-state index in [1.54, 1.807) is 35.5 Å². The average Bonchev–Trinajstić information content (AvgIpc) is 2.71. The number of hydrogen-bond acceptors (Lipinski definition) is 4. The fourth-order valence-electron chi connectivity index (χ4n) is 3.54. The van der Waals surface area contributed by atoms with Crippen LogP contribution >= 0.6 is 0 Å². The molecule has 30 heavy (non-hydrogen) atoms. The third-order valence-electron chi connectivity index (χ3n) is 5.57. The number of piperidine rings is 1. The van der Waals surface area contributed by atoms with Crippen molar-refractivity contribution in [1.82, 2.24) is 4.31 Å². The minimum absolute atomic E-state index is 0.245. The second-order valence-electron chi connectivity index (χ2n) is 8.08. The molecule has 0 bridgehead atoms. The van der Waals surface area contributed by atoms with Crippen molar-refractivity contribution in [2.45, 2.75) is 51.5 Å². The Bertz CT molecular complexity index is 974. The van der Waals surface area contributed by atoms with Gasteiger partial charge in [0.25, 0.3) is 5.91 Å². The van der Waals surface area contributed by atoms with Gasteiger partial charge in [0.15, 0.2) is 6.10 Å². The van der Waals surface area contributed by atoms with E-state index in [1.807, 2.05) is 32.0 Å². The van der Waals surface area contributed by atoms with E-state index in [4.69, 9.17) is 4.74 Å². The van der Waals surface area contributed by atoms with Crippen LogP contribution in [0.5, 0.6) is 5.75 Å². The molecule has 1 unspecified atom stereocenters. The minimum atomic E-state index is -3.50. The number of nitrogens with one attached hydrogen (secondary N) is 1. The number of rotatable bonds is 6. The minimum Gasteiger partial charge on any atom is -0.480 e. The Morgan fingerprint density at radius 2 is 1.63 bits per heavy atom. The van der Waals surface area contributed by atoms with E-state index in [2.05, 4.69) is 12.2 Å². The summed E-state index contributed by atoms with van der Waals surface area (Å²) in [4.78, 5) is 12.8. The Hall–Kier alpha value is -2.38. The topological polar surface area (TPSA) is 75.7 Å². The van der Waals surface area contributed by atoms with E-state index < -0.39 is 16.1 Å². The average molecular weight is 431 g/mol. The van der Waals surface area contributed by atoms with Crippen molar-refractivity contribution < 1.29 is 17.9 Å². The van der Waals surface area contributed by atoms with Gasteiger partial charge < -0.3 is 10.1 Å². The van der Waals surface area contributed by atoms with Gasteiger partial charge in [0.05, 0.1) is 4.90 Å². The highest BCUT2D eigenvalue weighted by Crippen LogP contribution is 2.25. The lowest BCUT2D eigenvalue weighted by atomic mass is 10.0. The number of anilines is 1. The number of para-hydroxylation sites is 1. The molecule has 1 N–H and O–H groups in total. The molecule has 0 aromatic heterocycles. The number of sulfonamides is 1. The molecule has 1 aliphatic heterocycles. The summed E-state index contributed by atoms with van der Waals surface area (Å²) in [6.45, 7) is 8.82. The molecule has 0 saturated carbocycles. The summed E-state index contributed by atoms with van der Waals surface area (Å²) in [5.74, 6) is 0.970. The van der Waals surface area contributed by atoms with E-state index in [1.165, 1.54) is 0 Å². The standard InChI is InChI=1S/C23H30N2O4S/c1-16-12-14-25(15-13-16)30(27,28)21-10-8-20(9-11-21)24-23(26)19(4)29-22-17(2)6-5-7-18(22)3/h5-11,16,19H,12-15H2,1-4H3,(H,24,26). The second-order valence-corrected chi connectivity index (χ2v) is 10.0. The zero-order valence-corrected chi connectivity index (χ0v) is 18.8. The van der Waals surface area contributed by atoms with Crippen LogP contribution in [0.15, 0.2) is 47.4 Å². The monoisotopic (exact) mass is 430 g/mol. The lowest BCUT2D eigenvalue weighted by Gasteiger charge is -2.29. The molecule has 2 aromatic rings. The lowest BCUT2D eigenvalue weighted by molar-refractivity contribution is -0.122. The maximum absolute atomic E-state index is 12.8. The third-order valence-corrected chi connectivity index (χ3v) is 7.49. The number of carbonyl (C=O) groups excluding carboxylic acids is 1. The Morgan fingerprint density at radius 1 is 1.07 bits per heavy atom. The van der Waals surface area contributed by atoms with Gasteiger partial charge in [-0.2, -0.15) is 4.31 Å². The van der Waals surface area contributed by atoms with Gasteiger partial charge in [-0.15, -0.1) is 0 Å². The van der Waals surface area contributed by atoms with Crippen LogP contribution in [0.3, 0.4) is 0 Å². The van der Waals surface area contributed by atoms with Crippen molar-refractivity contribution in [1.29, 1.82) is 0 Å². The van der Waals surface area contributed by atoms with Gasteiger partial charge in [0, 0.05) is 18.8 Å². The quantitative estimate of drug-likeness (QED) is 0.748. The third kappa shape index (κ3) is 5.02. The fraction of sp³-hybridized carbons (Fsp3) is 0.435. The summed E-state index contributed by atoms with van der Waals surface area (Å²) in [6.07, 6.45) is 1.07. The number of carbonyl (C=O) groups is 1. The first kappa shape index (κ1) is 22.3. The molecular weight excluding hydrogens is 400 g/mol. The van der Waals surface area contributed by atoms with Crippen molar-refractivity contribution in [3.05, 3.63) is 53.6 Å². The molecule has 0 spiro atoms. The fourth-order valence-corrected chi connectivity index (χ4v) is 5.01. The van der Waals surface area contributed by atoms with Gasteiger partial charge in [-0.1, -0.05) is 25.1 Å². The zero-order valence-electron chi connectivity index (χ0n) is 18.0. The molecule has 0 aliphatic carbocycles. The predicted octanol–water partition coefficient (Wildman–Crippen LogP) is 4.13. The SMILES string of the molecule is Cc1cccc(C)c1OC(C)C(=O)Nc1ccc(S(=O)(=O)N2CCC(C)CC2)cc1.